The summed E-state index contributed by atoms with van der Waals surface area (Å²) in [6.07, 6.45) is 0.00139. The van der Waals surface area contributed by atoms with E-state index >= 15 is 0 Å². The van der Waals surface area contributed by atoms with E-state index in [-0.39, 0.29) is 0 Å². The summed E-state index contributed by atoms with van der Waals surface area (Å²) in [5.41, 5.74) is 0. The highest BCUT2D eigenvalue weighted by atomic mass is 13.9. The van der Waals surface area contributed by atoms with Gasteiger partial charge in [-0.05, 0) is 12.8 Å². The Labute approximate surface area is 49.1 Å². The zero-order valence-corrected chi connectivity index (χ0v) is 4.20. The maximum absolute atomic E-state index is 7.34. The summed E-state index contributed by atoms with van der Waals surface area (Å²) in [4.78, 5) is 0. The highest BCUT2D eigenvalue weighted by Crippen LogP contribution is 2.04. The quantitative estimate of drug-likeness (QED) is 0.405. The Morgan fingerprint density at radius 1 is 1.29 bits per heavy atom. The van der Waals surface area contributed by atoms with Crippen molar-refractivity contribution < 1.29 is 4.11 Å². The Morgan fingerprint density at radius 3 is 3.29 bits per heavy atom. The largest absolute Gasteiger partial charge is 0.103 e. The number of hydrogen-bond acceptors (Lipinski definition) is 0. The predicted molar refractivity (Wildman–Crippen MR) is 30.9 cm³/mol. The van der Waals surface area contributed by atoms with Gasteiger partial charge in [0.05, 0.1) is 0 Å². The van der Waals surface area contributed by atoms with Crippen molar-refractivity contribution in [2.45, 2.75) is 32.0 Å². The molecule has 0 aromatic carbocycles. The minimum Gasteiger partial charge on any atom is -0.103 e. The van der Waals surface area contributed by atoms with Crippen molar-refractivity contribution in [3.05, 3.63) is 0 Å². The highest BCUT2D eigenvalue weighted by Gasteiger charge is 1.87. The number of hydrogen-bond donors (Lipinski definition) is 0. The third-order valence-corrected chi connectivity index (χ3v) is 0.913. The molecule has 38 valence electrons. The first-order valence-corrected chi connectivity index (χ1v) is 2.55. The molecule has 0 heteroatoms. The second-order valence-electron chi connectivity index (χ2n) is 1.54. The summed E-state index contributed by atoms with van der Waals surface area (Å²) in [5, 5.41) is 0. The van der Waals surface area contributed by atoms with Gasteiger partial charge < -0.3 is 0 Å². The molecule has 0 aromatic rings. The lowest BCUT2D eigenvalue weighted by atomic mass is 10.2. The van der Waals surface area contributed by atoms with Crippen molar-refractivity contribution in [3.8, 4) is 11.8 Å². The lowest BCUT2D eigenvalue weighted by Gasteiger charge is -1.85. The van der Waals surface area contributed by atoms with E-state index in [2.05, 4.69) is 11.8 Å². The Morgan fingerprint density at radius 2 is 2.29 bits per heavy atom. The third kappa shape index (κ3) is 1.64. The molecule has 1 atom stereocenters. The van der Waals surface area contributed by atoms with Crippen molar-refractivity contribution in [2.75, 3.05) is 0 Å². The van der Waals surface area contributed by atoms with Crippen LogP contribution in [0.15, 0.2) is 0 Å². The maximum Gasteiger partial charge on any atom is 0.0402 e. The molecular weight excluding hydrogens is 84.1 g/mol. The van der Waals surface area contributed by atoms with Gasteiger partial charge >= 0.3 is 0 Å². The second kappa shape index (κ2) is 2.69. The molecule has 0 bridgehead atoms. The van der Waals surface area contributed by atoms with Crippen LogP contribution in [0.3, 0.4) is 0 Å². The van der Waals surface area contributed by atoms with Gasteiger partial charge in [0.1, 0.15) is 0 Å². The minimum absolute atomic E-state index is 0.618. The third-order valence-electron chi connectivity index (χ3n) is 0.913. The van der Waals surface area contributed by atoms with Crippen LogP contribution in [0.2, 0.25) is 0 Å². The van der Waals surface area contributed by atoms with E-state index in [1.807, 2.05) is 0 Å². The lowest BCUT2D eigenvalue weighted by Crippen LogP contribution is -1.68. The van der Waals surface area contributed by atoms with Gasteiger partial charge in [0.2, 0.25) is 0 Å². The Hall–Kier alpha value is -0.440. The van der Waals surface area contributed by atoms with Gasteiger partial charge in [-0.15, -0.1) is 11.8 Å². The van der Waals surface area contributed by atoms with Crippen LogP contribution in [-0.2, 0) is 0 Å². The van der Waals surface area contributed by atoms with Gasteiger partial charge in [-0.3, -0.25) is 0 Å². The van der Waals surface area contributed by atoms with Crippen molar-refractivity contribution in [2.24, 2.45) is 0 Å². The fourth-order valence-corrected chi connectivity index (χ4v) is 0.529. The Bertz CT molecular complexity index is 175. The summed E-state index contributed by atoms with van der Waals surface area (Å²) >= 11 is 0. The van der Waals surface area contributed by atoms with Crippen molar-refractivity contribution >= 4 is 0 Å². The van der Waals surface area contributed by atoms with Gasteiger partial charge in [-0.2, -0.15) is 0 Å². The first kappa shape index (κ1) is 2.22. The Balaban J connectivity index is 2.72. The molecule has 0 nitrogen and oxygen atoms in total. The molecule has 1 aliphatic rings. The van der Waals surface area contributed by atoms with Crippen LogP contribution < -0.4 is 0 Å². The predicted octanol–water partition coefficient (Wildman–Crippen LogP) is 1.95. The van der Waals surface area contributed by atoms with E-state index in [1.54, 1.807) is 0 Å². The minimum atomic E-state index is -1.57. The van der Waals surface area contributed by atoms with Crippen LogP contribution in [0.1, 0.15) is 36.1 Å². The molecule has 0 fully saturated rings. The zero-order chi connectivity index (χ0) is 7.61. The van der Waals surface area contributed by atoms with Gasteiger partial charge in [0.15, 0.2) is 0 Å². The normalized spacial score (nSPS) is 43.4. The lowest BCUT2D eigenvalue weighted by molar-refractivity contribution is 0.722. The van der Waals surface area contributed by atoms with E-state index in [4.69, 9.17) is 4.11 Å². The molecule has 1 unspecified atom stereocenters. The highest BCUT2D eigenvalue weighted by molar-refractivity contribution is 5.00. The molecule has 1 rings (SSSR count). The molecule has 1 aliphatic carbocycles. The molecule has 0 N–H and O–H groups in total. The first-order valence-electron chi connectivity index (χ1n) is 4.13. The average Bonchev–Trinajstić information content (AvgIpc) is 1.96. The van der Waals surface area contributed by atoms with Gasteiger partial charge in [-0.1, -0.05) is 6.42 Å². The summed E-state index contributed by atoms with van der Waals surface area (Å²) < 4.78 is 21.9. The van der Waals surface area contributed by atoms with Gasteiger partial charge in [0, 0.05) is 16.9 Å². The van der Waals surface area contributed by atoms with E-state index < -0.39 is 12.8 Å². The topological polar surface area (TPSA) is 0 Å². The van der Waals surface area contributed by atoms with E-state index in [0.29, 0.717) is 6.42 Å². The van der Waals surface area contributed by atoms with Crippen molar-refractivity contribution in [1.29, 1.82) is 0 Å². The Kier molecular flexibility index (Phi) is 0.852. The summed E-state index contributed by atoms with van der Waals surface area (Å²) in [6, 6.07) is 0. The van der Waals surface area contributed by atoms with Crippen LogP contribution in [-0.4, -0.2) is 0 Å². The molecule has 0 heterocycles. The van der Waals surface area contributed by atoms with E-state index in [0.717, 1.165) is 12.8 Å². The summed E-state index contributed by atoms with van der Waals surface area (Å²) in [5.74, 6) is 5.19. The molecule has 0 spiro atoms. The smallest absolute Gasteiger partial charge is 0.0402 e. The zero-order valence-electron chi connectivity index (χ0n) is 7.20. The van der Waals surface area contributed by atoms with Crippen molar-refractivity contribution in [1.82, 2.24) is 0 Å². The fourth-order valence-electron chi connectivity index (χ4n) is 0.529. The van der Waals surface area contributed by atoms with Crippen LogP contribution in [0.4, 0.5) is 0 Å². The van der Waals surface area contributed by atoms with Gasteiger partial charge in [0.25, 0.3) is 0 Å². The van der Waals surface area contributed by atoms with E-state index in [1.165, 1.54) is 0 Å². The maximum atomic E-state index is 7.34. The molecule has 0 saturated carbocycles. The molecule has 0 saturated heterocycles. The molecule has 0 amide bonds. The number of rotatable bonds is 0. The summed E-state index contributed by atoms with van der Waals surface area (Å²) in [6.45, 7) is 0. The first-order chi connectivity index (χ1) is 4.63. The SMILES string of the molecule is [2H]C1CCCC#CC1([2H])[2H]. The van der Waals surface area contributed by atoms with Crippen LogP contribution in [0.25, 0.3) is 0 Å². The molecule has 0 radical (unpaired) electrons. The second-order valence-corrected chi connectivity index (χ2v) is 1.54. The molecular formula is C7H10. The van der Waals surface area contributed by atoms with Gasteiger partial charge in [-0.25, -0.2) is 0 Å². The standard InChI is InChI=1S/C7H10/c1-2-4-6-7-5-3-1/h1-5H2/i2D,4D2. The fraction of sp³-hybridized carbons (Fsp3) is 0.714. The average molecular weight is 97.2 g/mol. The van der Waals surface area contributed by atoms with Crippen LogP contribution in [0, 0.1) is 11.8 Å². The van der Waals surface area contributed by atoms with Crippen LogP contribution in [0.5, 0.6) is 0 Å². The van der Waals surface area contributed by atoms with Crippen LogP contribution >= 0.6 is 0 Å². The molecule has 0 aliphatic heterocycles. The summed E-state index contributed by atoms with van der Waals surface area (Å²) in [7, 11) is 0. The van der Waals surface area contributed by atoms with Crippen molar-refractivity contribution in [3.63, 3.8) is 0 Å². The molecule has 0 aromatic heterocycles. The molecule has 7 heavy (non-hydrogen) atoms. The van der Waals surface area contributed by atoms with E-state index in [9.17, 15) is 0 Å². The monoisotopic (exact) mass is 97.1 g/mol.